The van der Waals surface area contributed by atoms with Gasteiger partial charge in [0.15, 0.2) is 11.6 Å². The molecular weight excluding hydrogens is 281 g/mol. The van der Waals surface area contributed by atoms with E-state index in [1.807, 2.05) is 13.8 Å². The largest absolute Gasteiger partial charge is 0.370 e. The summed E-state index contributed by atoms with van der Waals surface area (Å²) < 4.78 is 40.1. The third kappa shape index (κ3) is 3.62. The first kappa shape index (κ1) is 15.1. The second-order valence-electron chi connectivity index (χ2n) is 4.31. The van der Waals surface area contributed by atoms with E-state index < -0.39 is 23.1 Å². The molecule has 2 N–H and O–H groups in total. The van der Waals surface area contributed by atoms with Gasteiger partial charge in [0, 0.05) is 31.2 Å². The van der Waals surface area contributed by atoms with Crippen molar-refractivity contribution in [1.29, 1.82) is 0 Å². The van der Waals surface area contributed by atoms with Crippen molar-refractivity contribution in [2.45, 2.75) is 20.3 Å². The van der Waals surface area contributed by atoms with Gasteiger partial charge in [-0.3, -0.25) is 0 Å². The van der Waals surface area contributed by atoms with Crippen LogP contribution in [-0.2, 0) is 6.42 Å². The quantitative estimate of drug-likeness (QED) is 0.884. The van der Waals surface area contributed by atoms with E-state index in [-0.39, 0.29) is 5.82 Å². The van der Waals surface area contributed by atoms with E-state index in [0.717, 1.165) is 0 Å². The minimum atomic E-state index is -1.02. The van der Waals surface area contributed by atoms with Crippen LogP contribution in [0.5, 0.6) is 0 Å². The van der Waals surface area contributed by atoms with Crippen LogP contribution in [0.1, 0.15) is 19.7 Å². The molecule has 0 aliphatic rings. The van der Waals surface area contributed by atoms with Crippen molar-refractivity contribution in [2.75, 3.05) is 17.2 Å². The van der Waals surface area contributed by atoms with Gasteiger partial charge in [-0.15, -0.1) is 0 Å². The number of nitrogens with zero attached hydrogens (tertiary/aromatic N) is 2. The summed E-state index contributed by atoms with van der Waals surface area (Å²) in [5, 5.41) is 5.54. The number of benzene rings is 1. The summed E-state index contributed by atoms with van der Waals surface area (Å²) in [4.78, 5) is 8.38. The van der Waals surface area contributed by atoms with Crippen LogP contribution in [0.3, 0.4) is 0 Å². The molecule has 1 heterocycles. The highest BCUT2D eigenvalue weighted by Crippen LogP contribution is 2.24. The molecule has 0 bridgehead atoms. The Balaban J connectivity index is 2.37. The molecule has 0 saturated heterocycles. The third-order valence-electron chi connectivity index (χ3n) is 2.71. The molecule has 0 amide bonds. The molecular formula is C14H15F3N4. The molecule has 1 aromatic carbocycles. The molecule has 2 aromatic rings. The molecule has 112 valence electrons. The molecule has 2 rings (SSSR count). The Morgan fingerprint density at radius 2 is 1.57 bits per heavy atom. The van der Waals surface area contributed by atoms with Gasteiger partial charge in [0.25, 0.3) is 0 Å². The molecule has 0 radical (unpaired) electrons. The Hall–Kier alpha value is -2.31. The lowest BCUT2D eigenvalue weighted by atomic mass is 10.2. The lowest BCUT2D eigenvalue weighted by Crippen LogP contribution is -2.07. The van der Waals surface area contributed by atoms with Crippen LogP contribution in [0.15, 0.2) is 18.2 Å². The molecule has 0 saturated carbocycles. The molecule has 1 aromatic heterocycles. The van der Waals surface area contributed by atoms with Gasteiger partial charge in [0.05, 0.1) is 0 Å². The number of hydrogen-bond acceptors (Lipinski definition) is 4. The van der Waals surface area contributed by atoms with E-state index in [1.54, 1.807) is 0 Å². The maximum absolute atomic E-state index is 13.6. The summed E-state index contributed by atoms with van der Waals surface area (Å²) in [6, 6.07) is 2.75. The highest BCUT2D eigenvalue weighted by molar-refractivity contribution is 5.60. The number of aryl methyl sites for hydroxylation is 1. The topological polar surface area (TPSA) is 49.8 Å². The molecule has 21 heavy (non-hydrogen) atoms. The van der Waals surface area contributed by atoms with Crippen molar-refractivity contribution in [3.8, 4) is 0 Å². The number of hydrogen-bond donors (Lipinski definition) is 2. The normalized spacial score (nSPS) is 10.5. The maximum atomic E-state index is 13.6. The molecule has 0 unspecified atom stereocenters. The van der Waals surface area contributed by atoms with E-state index in [9.17, 15) is 13.2 Å². The van der Waals surface area contributed by atoms with Crippen molar-refractivity contribution >= 4 is 17.3 Å². The smallest absolute Gasteiger partial charge is 0.152 e. The summed E-state index contributed by atoms with van der Waals surface area (Å²) in [6.45, 7) is 4.42. The van der Waals surface area contributed by atoms with Crippen LogP contribution in [0.4, 0.5) is 30.5 Å². The fourth-order valence-electron chi connectivity index (χ4n) is 1.78. The molecule has 0 aliphatic heterocycles. The first-order valence-corrected chi connectivity index (χ1v) is 6.56. The van der Waals surface area contributed by atoms with Gasteiger partial charge in [-0.25, -0.2) is 23.1 Å². The Labute approximate surface area is 120 Å². The van der Waals surface area contributed by atoms with Crippen LogP contribution < -0.4 is 10.6 Å². The number of nitrogens with one attached hydrogen (secondary N) is 2. The zero-order valence-electron chi connectivity index (χ0n) is 11.7. The summed E-state index contributed by atoms with van der Waals surface area (Å²) in [6.07, 6.45) is 0.572. The van der Waals surface area contributed by atoms with Crippen molar-refractivity contribution < 1.29 is 13.2 Å². The number of anilines is 3. The van der Waals surface area contributed by atoms with Crippen LogP contribution in [0, 0.1) is 17.5 Å². The molecule has 0 atom stereocenters. The summed E-state index contributed by atoms with van der Waals surface area (Å²) >= 11 is 0. The van der Waals surface area contributed by atoms with E-state index in [2.05, 4.69) is 20.6 Å². The fourth-order valence-corrected chi connectivity index (χ4v) is 1.78. The van der Waals surface area contributed by atoms with E-state index >= 15 is 0 Å². The molecule has 4 nitrogen and oxygen atoms in total. The number of rotatable bonds is 5. The Bertz CT molecular complexity index is 623. The van der Waals surface area contributed by atoms with E-state index in [4.69, 9.17) is 0 Å². The molecule has 7 heteroatoms. The van der Waals surface area contributed by atoms with Crippen LogP contribution in [0.25, 0.3) is 0 Å². The highest BCUT2D eigenvalue weighted by atomic mass is 19.1. The standard InChI is InChI=1S/C14H15F3N4/c1-3-11-19-12(18-4-2)7-13(20-11)21-14-9(16)5-8(15)6-10(14)17/h5-7H,3-4H2,1-2H3,(H2,18,19,20,21). The summed E-state index contributed by atoms with van der Waals surface area (Å²) in [5.74, 6) is -1.69. The first-order chi connectivity index (χ1) is 10.0. The minimum Gasteiger partial charge on any atom is -0.370 e. The van der Waals surface area contributed by atoms with Crippen LogP contribution in [0.2, 0.25) is 0 Å². The van der Waals surface area contributed by atoms with Gasteiger partial charge in [-0.1, -0.05) is 6.92 Å². The Kier molecular flexibility index (Phi) is 4.62. The van der Waals surface area contributed by atoms with Gasteiger partial charge in [0.2, 0.25) is 0 Å². The Morgan fingerprint density at radius 1 is 0.952 bits per heavy atom. The van der Waals surface area contributed by atoms with Crippen LogP contribution in [-0.4, -0.2) is 16.5 Å². The molecule has 0 fully saturated rings. The number of halogens is 3. The first-order valence-electron chi connectivity index (χ1n) is 6.56. The van der Waals surface area contributed by atoms with Crippen molar-refractivity contribution in [1.82, 2.24) is 9.97 Å². The SMILES string of the molecule is CCNc1cc(Nc2c(F)cc(F)cc2F)nc(CC)n1. The maximum Gasteiger partial charge on any atom is 0.152 e. The van der Waals surface area contributed by atoms with Gasteiger partial charge in [-0.05, 0) is 6.92 Å². The minimum absolute atomic E-state index is 0.238. The highest BCUT2D eigenvalue weighted by Gasteiger charge is 2.13. The van der Waals surface area contributed by atoms with E-state index in [0.29, 0.717) is 36.7 Å². The third-order valence-corrected chi connectivity index (χ3v) is 2.71. The van der Waals surface area contributed by atoms with Crippen molar-refractivity contribution in [2.24, 2.45) is 0 Å². The van der Waals surface area contributed by atoms with Crippen LogP contribution >= 0.6 is 0 Å². The zero-order chi connectivity index (χ0) is 15.4. The Morgan fingerprint density at radius 3 is 2.14 bits per heavy atom. The summed E-state index contributed by atoms with van der Waals surface area (Å²) in [7, 11) is 0. The predicted octanol–water partition coefficient (Wildman–Crippen LogP) is 3.63. The molecule has 0 aliphatic carbocycles. The van der Waals surface area contributed by atoms with E-state index in [1.165, 1.54) is 6.07 Å². The van der Waals surface area contributed by atoms with Crippen molar-refractivity contribution in [3.05, 3.63) is 41.5 Å². The second kappa shape index (κ2) is 6.43. The van der Waals surface area contributed by atoms with Crippen molar-refractivity contribution in [3.63, 3.8) is 0 Å². The van der Waals surface area contributed by atoms with Gasteiger partial charge < -0.3 is 10.6 Å². The second-order valence-corrected chi connectivity index (χ2v) is 4.31. The fraction of sp³-hybridized carbons (Fsp3) is 0.286. The lowest BCUT2D eigenvalue weighted by Gasteiger charge is -2.11. The van der Waals surface area contributed by atoms with Gasteiger partial charge in [-0.2, -0.15) is 0 Å². The average molecular weight is 296 g/mol. The predicted molar refractivity (Wildman–Crippen MR) is 75.2 cm³/mol. The monoisotopic (exact) mass is 296 g/mol. The zero-order valence-corrected chi connectivity index (χ0v) is 11.7. The van der Waals surface area contributed by atoms with Gasteiger partial charge >= 0.3 is 0 Å². The lowest BCUT2D eigenvalue weighted by molar-refractivity contribution is 0.548. The average Bonchev–Trinajstić information content (AvgIpc) is 2.43. The molecule has 0 spiro atoms. The summed E-state index contributed by atoms with van der Waals surface area (Å²) in [5.41, 5.74) is -0.445. The number of aromatic nitrogens is 2. The van der Waals surface area contributed by atoms with Gasteiger partial charge in [0.1, 0.15) is 29.0 Å².